The maximum Gasteiger partial charge on any atom is 0.270 e. The topological polar surface area (TPSA) is 42.0 Å². The van der Waals surface area contributed by atoms with Gasteiger partial charge in [0.15, 0.2) is 0 Å². The van der Waals surface area contributed by atoms with Gasteiger partial charge in [-0.2, -0.15) is 0 Å². The quantitative estimate of drug-likeness (QED) is 0.860. The number of rotatable bonds is 2. The molecule has 1 amide bonds. The van der Waals surface area contributed by atoms with Gasteiger partial charge in [0.1, 0.15) is 5.69 Å². The molecule has 1 aromatic rings. The molecule has 1 fully saturated rings. The SMILES string of the molecule is CC1CCC(NC(=O)c2cscn2)CC1C. The van der Waals surface area contributed by atoms with E-state index < -0.39 is 0 Å². The van der Waals surface area contributed by atoms with E-state index in [-0.39, 0.29) is 5.91 Å². The van der Waals surface area contributed by atoms with E-state index in [1.165, 1.54) is 17.8 Å². The monoisotopic (exact) mass is 238 g/mol. The molecular formula is C12H18N2OS. The summed E-state index contributed by atoms with van der Waals surface area (Å²) in [4.78, 5) is 15.8. The largest absolute Gasteiger partial charge is 0.348 e. The third kappa shape index (κ3) is 2.61. The minimum atomic E-state index is -0.0204. The fraction of sp³-hybridized carbons (Fsp3) is 0.667. The van der Waals surface area contributed by atoms with Crippen LogP contribution in [0.4, 0.5) is 0 Å². The van der Waals surface area contributed by atoms with Crippen molar-refractivity contribution in [2.75, 3.05) is 0 Å². The molecule has 88 valence electrons. The van der Waals surface area contributed by atoms with Crippen LogP contribution in [0, 0.1) is 11.8 Å². The highest BCUT2D eigenvalue weighted by molar-refractivity contribution is 7.07. The first-order chi connectivity index (χ1) is 7.66. The van der Waals surface area contributed by atoms with Gasteiger partial charge < -0.3 is 5.32 Å². The van der Waals surface area contributed by atoms with Crippen LogP contribution in [0.1, 0.15) is 43.6 Å². The van der Waals surface area contributed by atoms with Crippen LogP contribution in [0.5, 0.6) is 0 Å². The van der Waals surface area contributed by atoms with Crippen LogP contribution in [0.15, 0.2) is 10.9 Å². The third-order valence-electron chi connectivity index (χ3n) is 3.60. The van der Waals surface area contributed by atoms with Crippen LogP contribution in [-0.2, 0) is 0 Å². The van der Waals surface area contributed by atoms with Gasteiger partial charge in [-0.3, -0.25) is 4.79 Å². The molecule has 4 heteroatoms. The molecule has 1 heterocycles. The Hall–Kier alpha value is -0.900. The smallest absolute Gasteiger partial charge is 0.270 e. The van der Waals surface area contributed by atoms with E-state index >= 15 is 0 Å². The van der Waals surface area contributed by atoms with Gasteiger partial charge in [0.2, 0.25) is 0 Å². The highest BCUT2D eigenvalue weighted by Gasteiger charge is 2.25. The second-order valence-corrected chi connectivity index (χ2v) is 5.53. The number of aromatic nitrogens is 1. The lowest BCUT2D eigenvalue weighted by Crippen LogP contribution is -2.39. The maximum absolute atomic E-state index is 11.8. The van der Waals surface area contributed by atoms with Gasteiger partial charge in [0, 0.05) is 11.4 Å². The van der Waals surface area contributed by atoms with E-state index in [1.54, 1.807) is 10.9 Å². The number of amides is 1. The van der Waals surface area contributed by atoms with E-state index in [0.29, 0.717) is 17.7 Å². The molecule has 3 unspecified atom stereocenters. The summed E-state index contributed by atoms with van der Waals surface area (Å²) in [6.07, 6.45) is 3.40. The summed E-state index contributed by atoms with van der Waals surface area (Å²) in [6, 6.07) is 0.334. The van der Waals surface area contributed by atoms with Gasteiger partial charge in [-0.05, 0) is 31.1 Å². The number of carbonyl (C=O) groups is 1. The molecule has 1 aromatic heterocycles. The Labute approximate surface area is 100 Å². The number of hydrogen-bond acceptors (Lipinski definition) is 3. The van der Waals surface area contributed by atoms with Crippen molar-refractivity contribution in [3.05, 3.63) is 16.6 Å². The lowest BCUT2D eigenvalue weighted by molar-refractivity contribution is 0.0906. The Kier molecular flexibility index (Phi) is 3.59. The fourth-order valence-electron chi connectivity index (χ4n) is 2.26. The second-order valence-electron chi connectivity index (χ2n) is 4.81. The Bertz CT molecular complexity index is 350. The molecule has 16 heavy (non-hydrogen) atoms. The zero-order valence-corrected chi connectivity index (χ0v) is 10.6. The van der Waals surface area contributed by atoms with E-state index in [4.69, 9.17) is 0 Å². The van der Waals surface area contributed by atoms with Crippen molar-refractivity contribution in [1.29, 1.82) is 0 Å². The summed E-state index contributed by atoms with van der Waals surface area (Å²) in [5.74, 6) is 1.47. The maximum atomic E-state index is 11.8. The second kappa shape index (κ2) is 4.95. The number of nitrogens with zero attached hydrogens (tertiary/aromatic N) is 1. The average Bonchev–Trinajstić information content (AvgIpc) is 2.77. The van der Waals surface area contributed by atoms with Crippen molar-refractivity contribution in [2.45, 2.75) is 39.2 Å². The normalized spacial score (nSPS) is 30.0. The summed E-state index contributed by atoms with van der Waals surface area (Å²) in [5.41, 5.74) is 2.25. The van der Waals surface area contributed by atoms with Gasteiger partial charge >= 0.3 is 0 Å². The van der Waals surface area contributed by atoms with Gasteiger partial charge in [-0.25, -0.2) is 4.98 Å². The average molecular weight is 238 g/mol. The molecule has 0 radical (unpaired) electrons. The molecule has 1 aliphatic rings. The van der Waals surface area contributed by atoms with Crippen LogP contribution < -0.4 is 5.32 Å². The van der Waals surface area contributed by atoms with Crippen LogP contribution in [0.3, 0.4) is 0 Å². The first kappa shape index (κ1) is 11.6. The summed E-state index contributed by atoms with van der Waals surface area (Å²) in [7, 11) is 0. The molecule has 0 spiro atoms. The van der Waals surface area contributed by atoms with Crippen molar-refractivity contribution in [2.24, 2.45) is 11.8 Å². The van der Waals surface area contributed by atoms with Crippen LogP contribution in [0.25, 0.3) is 0 Å². The lowest BCUT2D eigenvalue weighted by Gasteiger charge is -2.32. The predicted molar refractivity (Wildman–Crippen MR) is 65.5 cm³/mol. The lowest BCUT2D eigenvalue weighted by atomic mass is 9.79. The minimum Gasteiger partial charge on any atom is -0.348 e. The fourth-order valence-corrected chi connectivity index (χ4v) is 2.79. The molecular weight excluding hydrogens is 220 g/mol. The molecule has 0 aromatic carbocycles. The van der Waals surface area contributed by atoms with Crippen molar-refractivity contribution in [3.63, 3.8) is 0 Å². The molecule has 1 N–H and O–H groups in total. The first-order valence-electron chi connectivity index (χ1n) is 5.86. The molecule has 3 atom stereocenters. The van der Waals surface area contributed by atoms with E-state index in [0.717, 1.165) is 18.8 Å². The molecule has 1 aliphatic carbocycles. The molecule has 0 aliphatic heterocycles. The predicted octanol–water partition coefficient (Wildman–Crippen LogP) is 2.70. The highest BCUT2D eigenvalue weighted by Crippen LogP contribution is 2.29. The number of carbonyl (C=O) groups excluding carboxylic acids is 1. The van der Waals surface area contributed by atoms with Gasteiger partial charge in [0.25, 0.3) is 5.91 Å². The third-order valence-corrected chi connectivity index (χ3v) is 4.18. The zero-order chi connectivity index (χ0) is 11.5. The van der Waals surface area contributed by atoms with Crippen molar-refractivity contribution in [1.82, 2.24) is 10.3 Å². The first-order valence-corrected chi connectivity index (χ1v) is 6.80. The van der Waals surface area contributed by atoms with Gasteiger partial charge in [0.05, 0.1) is 5.51 Å². The molecule has 2 rings (SSSR count). The van der Waals surface area contributed by atoms with Gasteiger partial charge in [-0.15, -0.1) is 11.3 Å². The van der Waals surface area contributed by atoms with Crippen molar-refractivity contribution in [3.8, 4) is 0 Å². The van der Waals surface area contributed by atoms with E-state index in [1.807, 2.05) is 0 Å². The zero-order valence-electron chi connectivity index (χ0n) is 9.77. The molecule has 1 saturated carbocycles. The van der Waals surface area contributed by atoms with Crippen molar-refractivity contribution < 1.29 is 4.79 Å². The Balaban J connectivity index is 1.89. The Morgan fingerprint density at radius 2 is 2.25 bits per heavy atom. The molecule has 0 saturated heterocycles. The van der Waals surface area contributed by atoms with E-state index in [9.17, 15) is 4.79 Å². The summed E-state index contributed by atoms with van der Waals surface area (Å²) in [5, 5.41) is 4.87. The standard InChI is InChI=1S/C12H18N2OS/c1-8-3-4-10(5-9(8)2)14-12(15)11-6-16-7-13-11/h6-10H,3-5H2,1-2H3,(H,14,15). The summed E-state index contributed by atoms with van der Waals surface area (Å²) >= 11 is 1.46. The van der Waals surface area contributed by atoms with Crippen LogP contribution >= 0.6 is 11.3 Å². The van der Waals surface area contributed by atoms with E-state index in [2.05, 4.69) is 24.1 Å². The number of hydrogen-bond donors (Lipinski definition) is 1. The number of nitrogens with one attached hydrogen (secondary N) is 1. The highest BCUT2D eigenvalue weighted by atomic mass is 32.1. The molecule has 3 nitrogen and oxygen atoms in total. The van der Waals surface area contributed by atoms with Crippen LogP contribution in [-0.4, -0.2) is 16.9 Å². The Morgan fingerprint density at radius 1 is 1.44 bits per heavy atom. The molecule has 0 bridgehead atoms. The number of thiazole rings is 1. The van der Waals surface area contributed by atoms with Crippen LogP contribution in [0.2, 0.25) is 0 Å². The minimum absolute atomic E-state index is 0.0204. The van der Waals surface area contributed by atoms with Gasteiger partial charge in [-0.1, -0.05) is 13.8 Å². The Morgan fingerprint density at radius 3 is 2.88 bits per heavy atom. The summed E-state index contributed by atoms with van der Waals surface area (Å²) in [6.45, 7) is 4.56. The van der Waals surface area contributed by atoms with Crippen molar-refractivity contribution >= 4 is 17.2 Å². The summed E-state index contributed by atoms with van der Waals surface area (Å²) < 4.78 is 0.